The van der Waals surface area contributed by atoms with Crippen LogP contribution in [0.3, 0.4) is 0 Å². The highest BCUT2D eigenvalue weighted by Crippen LogP contribution is 2.32. The van der Waals surface area contributed by atoms with Crippen LogP contribution < -0.4 is 0 Å². The first-order valence-electron chi connectivity index (χ1n) is 11.1. The predicted octanol–water partition coefficient (Wildman–Crippen LogP) is 7.66. The van der Waals surface area contributed by atoms with Gasteiger partial charge in [0.25, 0.3) is 0 Å². The van der Waals surface area contributed by atoms with Crippen molar-refractivity contribution in [2.24, 2.45) is 5.92 Å². The number of hydrogen-bond acceptors (Lipinski definition) is 2. The molecule has 0 bridgehead atoms. The quantitative estimate of drug-likeness (QED) is 0.371. The van der Waals surface area contributed by atoms with Crippen molar-refractivity contribution in [3.8, 4) is 0 Å². The first-order chi connectivity index (χ1) is 15.6. The van der Waals surface area contributed by atoms with E-state index in [9.17, 15) is 18.0 Å². The molecule has 33 heavy (non-hydrogen) atoms. The van der Waals surface area contributed by atoms with Crippen LogP contribution in [0.15, 0.2) is 36.4 Å². The van der Waals surface area contributed by atoms with Crippen LogP contribution in [-0.2, 0) is 35.4 Å². The number of halogens is 5. The average Bonchev–Trinajstić information content (AvgIpc) is 2.73. The molecule has 0 saturated heterocycles. The summed E-state index contributed by atoms with van der Waals surface area (Å²) in [4.78, 5) is 13.8. The third-order valence-electron chi connectivity index (χ3n) is 5.97. The first kappa shape index (κ1) is 25.9. The molecule has 3 nitrogen and oxygen atoms in total. The summed E-state index contributed by atoms with van der Waals surface area (Å²) in [5, 5.41) is 0.855. The minimum absolute atomic E-state index is 0.0194. The van der Waals surface area contributed by atoms with Gasteiger partial charge in [-0.1, -0.05) is 48.5 Å². The highest BCUT2D eigenvalue weighted by Gasteiger charge is 2.31. The van der Waals surface area contributed by atoms with Gasteiger partial charge >= 0.3 is 6.18 Å². The van der Waals surface area contributed by atoms with Crippen LogP contribution in [-0.4, -0.2) is 17.4 Å². The molecule has 1 aliphatic rings. The van der Waals surface area contributed by atoms with Crippen LogP contribution in [0.5, 0.6) is 0 Å². The Morgan fingerprint density at radius 3 is 2.27 bits per heavy atom. The zero-order valence-corrected chi connectivity index (χ0v) is 20.1. The lowest BCUT2D eigenvalue weighted by Crippen LogP contribution is -2.28. The van der Waals surface area contributed by atoms with Crippen molar-refractivity contribution < 1.29 is 22.7 Å². The third-order valence-corrected chi connectivity index (χ3v) is 6.41. The maximum atomic E-state index is 13.4. The summed E-state index contributed by atoms with van der Waals surface area (Å²) < 4.78 is 46.1. The van der Waals surface area contributed by atoms with E-state index in [4.69, 9.17) is 27.9 Å². The summed E-state index contributed by atoms with van der Waals surface area (Å²) in [6.07, 6.45) is 1.41. The van der Waals surface area contributed by atoms with Crippen LogP contribution in [0.1, 0.15) is 61.3 Å². The summed E-state index contributed by atoms with van der Waals surface area (Å²) in [7, 11) is 0. The number of hydrogen-bond donors (Lipinski definition) is 0. The second-order valence-electron chi connectivity index (χ2n) is 8.65. The van der Waals surface area contributed by atoms with Crippen LogP contribution in [0, 0.1) is 5.92 Å². The number of rotatable bonds is 8. The fourth-order valence-electron chi connectivity index (χ4n) is 4.19. The molecule has 0 heterocycles. The molecule has 0 aliphatic heterocycles. The number of carbonyl (C=O) groups excluding carboxylic acids is 1. The monoisotopic (exact) mass is 501 g/mol. The molecule has 1 saturated carbocycles. The number of alkyl halides is 3. The molecule has 1 amide bonds. The highest BCUT2D eigenvalue weighted by atomic mass is 35.5. The van der Waals surface area contributed by atoms with Gasteiger partial charge in [0.05, 0.1) is 12.2 Å². The second-order valence-corrected chi connectivity index (χ2v) is 9.53. The molecule has 0 N–H and O–H groups in total. The molecule has 8 heteroatoms. The van der Waals surface area contributed by atoms with Crippen molar-refractivity contribution in [1.82, 2.24) is 4.90 Å². The summed E-state index contributed by atoms with van der Waals surface area (Å²) in [6, 6.07) is 8.58. The molecule has 0 spiro atoms. The summed E-state index contributed by atoms with van der Waals surface area (Å²) >= 11 is 12.1. The largest absolute Gasteiger partial charge is 0.416 e. The molecule has 0 aromatic heterocycles. The molecular formula is C25H28Cl2F3NO2. The maximum absolute atomic E-state index is 13.4. The van der Waals surface area contributed by atoms with Crippen molar-refractivity contribution in [1.29, 1.82) is 0 Å². The molecule has 2 aromatic rings. The molecule has 1 aliphatic carbocycles. The Kier molecular flexibility index (Phi) is 9.08. The van der Waals surface area contributed by atoms with Crippen molar-refractivity contribution >= 4 is 29.1 Å². The van der Waals surface area contributed by atoms with Crippen molar-refractivity contribution in [2.75, 3.05) is 6.61 Å². The van der Waals surface area contributed by atoms with Gasteiger partial charge in [0.1, 0.15) is 0 Å². The van der Waals surface area contributed by atoms with E-state index in [0.29, 0.717) is 39.3 Å². The van der Waals surface area contributed by atoms with Crippen LogP contribution >= 0.6 is 23.2 Å². The smallest absolute Gasteiger partial charge is 0.376 e. The van der Waals surface area contributed by atoms with E-state index < -0.39 is 11.7 Å². The SMILES string of the molecule is CC(=O)N(Cc1cc(Cl)cc(Cl)c1)Cc1cc(C(F)(F)F)ccc1COCC1CCCCC1. The molecule has 0 unspecified atom stereocenters. The van der Waals surface area contributed by atoms with Crippen LogP contribution in [0.25, 0.3) is 0 Å². The van der Waals surface area contributed by atoms with Gasteiger partial charge in [-0.15, -0.1) is 0 Å². The molecule has 0 atom stereocenters. The van der Waals surface area contributed by atoms with Gasteiger partial charge in [0.15, 0.2) is 0 Å². The fraction of sp³-hybridized carbons (Fsp3) is 0.480. The Balaban J connectivity index is 1.79. The minimum Gasteiger partial charge on any atom is -0.376 e. The lowest BCUT2D eigenvalue weighted by molar-refractivity contribution is -0.137. The van der Waals surface area contributed by atoms with Gasteiger partial charge in [-0.25, -0.2) is 0 Å². The normalized spacial score (nSPS) is 15.0. The van der Waals surface area contributed by atoms with E-state index in [1.807, 2.05) is 0 Å². The molecule has 0 radical (unpaired) electrons. The standard InChI is InChI=1S/C25H28Cl2F3NO2/c1-17(32)31(13-19-9-23(26)12-24(27)10-19)14-21-11-22(25(28,29)30)8-7-20(21)16-33-15-18-5-3-2-4-6-18/h7-12,18H,2-6,13-16H2,1H3. The van der Waals surface area contributed by atoms with E-state index in [-0.39, 0.29) is 25.6 Å². The molecule has 180 valence electrons. The van der Waals surface area contributed by atoms with Gasteiger partial charge in [-0.3, -0.25) is 4.79 Å². The van der Waals surface area contributed by atoms with E-state index >= 15 is 0 Å². The zero-order valence-electron chi connectivity index (χ0n) is 18.6. The topological polar surface area (TPSA) is 29.5 Å². The average molecular weight is 502 g/mol. The molecule has 3 rings (SSSR count). The number of carbonyl (C=O) groups is 1. The molecular weight excluding hydrogens is 474 g/mol. The van der Waals surface area contributed by atoms with Gasteiger partial charge in [-0.2, -0.15) is 13.2 Å². The zero-order chi connectivity index (χ0) is 24.0. The Labute approximate surface area is 202 Å². The van der Waals surface area contributed by atoms with Crippen molar-refractivity contribution in [2.45, 2.75) is 64.9 Å². The predicted molar refractivity (Wildman–Crippen MR) is 124 cm³/mol. The fourth-order valence-corrected chi connectivity index (χ4v) is 4.76. The summed E-state index contributed by atoms with van der Waals surface area (Å²) in [5.74, 6) is 0.232. The molecule has 2 aromatic carbocycles. The number of amides is 1. The van der Waals surface area contributed by atoms with E-state index in [0.717, 1.165) is 25.0 Å². The Hall–Kier alpha value is -1.76. The van der Waals surface area contributed by atoms with Gasteiger partial charge in [-0.05, 0) is 65.8 Å². The number of ether oxygens (including phenoxy) is 1. The van der Waals surface area contributed by atoms with Crippen LogP contribution in [0.4, 0.5) is 13.2 Å². The van der Waals surface area contributed by atoms with Crippen molar-refractivity contribution in [3.63, 3.8) is 0 Å². The third kappa shape index (κ3) is 7.90. The summed E-state index contributed by atoms with van der Waals surface area (Å²) in [6.45, 7) is 2.38. The Morgan fingerprint density at radius 1 is 1.00 bits per heavy atom. The van der Waals surface area contributed by atoms with E-state index in [2.05, 4.69) is 0 Å². The second kappa shape index (κ2) is 11.6. The first-order valence-corrected chi connectivity index (χ1v) is 11.8. The van der Waals surface area contributed by atoms with Gasteiger partial charge in [0.2, 0.25) is 5.91 Å². The Bertz CT molecular complexity index is 939. The lowest BCUT2D eigenvalue weighted by atomic mass is 9.90. The van der Waals surface area contributed by atoms with Crippen LogP contribution in [0.2, 0.25) is 10.0 Å². The van der Waals surface area contributed by atoms with E-state index in [1.165, 1.54) is 37.2 Å². The lowest BCUT2D eigenvalue weighted by Gasteiger charge is -2.25. The number of benzene rings is 2. The van der Waals surface area contributed by atoms with E-state index in [1.54, 1.807) is 18.2 Å². The summed E-state index contributed by atoms with van der Waals surface area (Å²) in [5.41, 5.74) is 1.01. The number of nitrogens with zero attached hydrogens (tertiary/aromatic N) is 1. The maximum Gasteiger partial charge on any atom is 0.416 e. The minimum atomic E-state index is -4.47. The van der Waals surface area contributed by atoms with Gasteiger partial charge < -0.3 is 9.64 Å². The highest BCUT2D eigenvalue weighted by molar-refractivity contribution is 6.34. The Morgan fingerprint density at radius 2 is 1.67 bits per heavy atom. The van der Waals surface area contributed by atoms with Gasteiger partial charge in [0, 0.05) is 36.7 Å². The molecule has 1 fully saturated rings. The van der Waals surface area contributed by atoms with Crippen molar-refractivity contribution in [3.05, 3.63) is 68.7 Å².